The Kier molecular flexibility index (Phi) is 8.53. The van der Waals surface area contributed by atoms with Crippen LogP contribution >= 0.6 is 0 Å². The summed E-state index contributed by atoms with van der Waals surface area (Å²) in [5.74, 6) is 0. The van der Waals surface area contributed by atoms with Crippen molar-refractivity contribution in [3.05, 3.63) is 237 Å². The maximum absolute atomic E-state index is 7.09. The van der Waals surface area contributed by atoms with E-state index in [1.807, 2.05) is 0 Å². The Morgan fingerprint density at radius 1 is 0.274 bits per heavy atom. The van der Waals surface area contributed by atoms with Crippen molar-refractivity contribution < 1.29 is 4.42 Å². The fourth-order valence-electron chi connectivity index (χ4n) is 9.63. The highest BCUT2D eigenvalue weighted by Gasteiger charge is 2.27. The standard InChI is InChI=1S/C60H39NO/c1-2-19-41(20-3-1)45-23-8-9-27-49(45)51-29-13-16-32-56(51)61(55-31-15-12-25-47(55)44-35-34-40-18-4-5-21-42(40)38-44)57-37-36-52(60-59(57)53-30-14-17-33-58(53)62-60)54-39-43-22-6-7-24-46(43)48-26-10-11-28-50(48)54/h1-39H. The van der Waals surface area contributed by atoms with Crippen molar-refractivity contribution in [2.45, 2.75) is 0 Å². The van der Waals surface area contributed by atoms with Gasteiger partial charge in [-0.15, -0.1) is 0 Å². The van der Waals surface area contributed by atoms with E-state index in [0.29, 0.717) is 0 Å². The molecule has 1 aromatic heterocycles. The number of anilines is 3. The molecule has 0 aliphatic rings. The van der Waals surface area contributed by atoms with Gasteiger partial charge in [0.25, 0.3) is 0 Å². The van der Waals surface area contributed by atoms with Gasteiger partial charge in [0.2, 0.25) is 0 Å². The lowest BCUT2D eigenvalue weighted by Gasteiger charge is -2.31. The Morgan fingerprint density at radius 2 is 0.855 bits per heavy atom. The van der Waals surface area contributed by atoms with Crippen LogP contribution in [0.25, 0.3) is 98.8 Å². The van der Waals surface area contributed by atoms with E-state index in [0.717, 1.165) is 72.4 Å². The molecule has 0 bridgehead atoms. The van der Waals surface area contributed by atoms with Gasteiger partial charge in [-0.2, -0.15) is 0 Å². The third-order valence-corrected chi connectivity index (χ3v) is 12.5. The summed E-state index contributed by atoms with van der Waals surface area (Å²) in [6.07, 6.45) is 0. The molecule has 0 amide bonds. The first-order valence-electron chi connectivity index (χ1n) is 21.3. The minimum absolute atomic E-state index is 0.853. The largest absolute Gasteiger partial charge is 0.455 e. The fraction of sp³-hybridized carbons (Fsp3) is 0. The molecule has 2 nitrogen and oxygen atoms in total. The van der Waals surface area contributed by atoms with Gasteiger partial charge in [-0.1, -0.05) is 194 Å². The Morgan fingerprint density at radius 3 is 1.66 bits per heavy atom. The number of nitrogens with zero attached hydrogens (tertiary/aromatic N) is 1. The zero-order chi connectivity index (χ0) is 41.0. The molecule has 62 heavy (non-hydrogen) atoms. The van der Waals surface area contributed by atoms with Crippen LogP contribution < -0.4 is 4.90 Å². The van der Waals surface area contributed by atoms with Gasteiger partial charge in [0.1, 0.15) is 11.2 Å². The molecule has 0 spiro atoms. The molecule has 11 aromatic carbocycles. The predicted molar refractivity (Wildman–Crippen MR) is 263 cm³/mol. The van der Waals surface area contributed by atoms with Gasteiger partial charge < -0.3 is 9.32 Å². The first-order chi connectivity index (χ1) is 30.8. The van der Waals surface area contributed by atoms with Gasteiger partial charge in [-0.3, -0.25) is 0 Å². The molecule has 12 rings (SSSR count). The van der Waals surface area contributed by atoms with Crippen LogP contribution in [0, 0.1) is 0 Å². The van der Waals surface area contributed by atoms with Gasteiger partial charge in [0.05, 0.1) is 22.4 Å². The van der Waals surface area contributed by atoms with Crippen molar-refractivity contribution >= 4 is 71.3 Å². The van der Waals surface area contributed by atoms with E-state index in [2.05, 4.69) is 241 Å². The Hall–Kier alpha value is -8.20. The molecule has 0 saturated carbocycles. The topological polar surface area (TPSA) is 16.4 Å². The molecule has 0 fully saturated rings. The van der Waals surface area contributed by atoms with Crippen LogP contribution in [0.15, 0.2) is 241 Å². The second-order valence-electron chi connectivity index (χ2n) is 16.0. The van der Waals surface area contributed by atoms with Crippen molar-refractivity contribution in [3.8, 4) is 44.5 Å². The van der Waals surface area contributed by atoms with E-state index in [4.69, 9.17) is 4.42 Å². The third-order valence-electron chi connectivity index (χ3n) is 12.5. The second kappa shape index (κ2) is 14.8. The molecule has 0 radical (unpaired) electrons. The minimum Gasteiger partial charge on any atom is -0.455 e. The summed E-state index contributed by atoms with van der Waals surface area (Å²) >= 11 is 0. The van der Waals surface area contributed by atoms with E-state index < -0.39 is 0 Å². The Labute approximate surface area is 360 Å². The van der Waals surface area contributed by atoms with E-state index in [-0.39, 0.29) is 0 Å². The van der Waals surface area contributed by atoms with Crippen molar-refractivity contribution in [3.63, 3.8) is 0 Å². The summed E-state index contributed by atoms with van der Waals surface area (Å²) in [5, 5.41) is 9.43. The number of furan rings is 1. The van der Waals surface area contributed by atoms with E-state index in [1.54, 1.807) is 0 Å². The zero-order valence-corrected chi connectivity index (χ0v) is 33.9. The highest BCUT2D eigenvalue weighted by Crippen LogP contribution is 2.51. The summed E-state index contributed by atoms with van der Waals surface area (Å²) < 4.78 is 7.09. The van der Waals surface area contributed by atoms with Crippen molar-refractivity contribution in [1.82, 2.24) is 0 Å². The van der Waals surface area contributed by atoms with Gasteiger partial charge in [0, 0.05) is 22.1 Å². The summed E-state index contributed by atoms with van der Waals surface area (Å²) in [6.45, 7) is 0. The monoisotopic (exact) mass is 789 g/mol. The zero-order valence-electron chi connectivity index (χ0n) is 33.9. The van der Waals surface area contributed by atoms with Crippen molar-refractivity contribution in [2.75, 3.05) is 4.90 Å². The van der Waals surface area contributed by atoms with Crippen LogP contribution in [0.3, 0.4) is 0 Å². The second-order valence-corrected chi connectivity index (χ2v) is 16.0. The quantitative estimate of drug-likeness (QED) is 0.150. The average Bonchev–Trinajstić information content (AvgIpc) is 3.75. The van der Waals surface area contributed by atoms with Gasteiger partial charge in [0.15, 0.2) is 0 Å². The molecular formula is C60H39NO. The maximum Gasteiger partial charge on any atom is 0.145 e. The lowest BCUT2D eigenvalue weighted by atomic mass is 9.91. The highest BCUT2D eigenvalue weighted by atomic mass is 16.3. The molecule has 0 saturated heterocycles. The lowest BCUT2D eigenvalue weighted by molar-refractivity contribution is 0.670. The highest BCUT2D eigenvalue weighted by molar-refractivity contribution is 6.21. The number of benzene rings is 11. The first kappa shape index (κ1) is 35.7. The summed E-state index contributed by atoms with van der Waals surface area (Å²) in [7, 11) is 0. The number of hydrogen-bond acceptors (Lipinski definition) is 2. The van der Waals surface area contributed by atoms with Crippen LogP contribution in [-0.2, 0) is 0 Å². The summed E-state index contributed by atoms with van der Waals surface area (Å²) in [4.78, 5) is 2.48. The molecule has 0 aliphatic heterocycles. The molecule has 1 heterocycles. The number of hydrogen-bond donors (Lipinski definition) is 0. The number of para-hydroxylation sites is 3. The molecule has 0 atom stereocenters. The summed E-state index contributed by atoms with van der Waals surface area (Å²) in [5.41, 5.74) is 14.0. The summed E-state index contributed by atoms with van der Waals surface area (Å²) in [6, 6.07) is 85.5. The van der Waals surface area contributed by atoms with Crippen LogP contribution in [0.2, 0.25) is 0 Å². The van der Waals surface area contributed by atoms with E-state index in [1.165, 1.54) is 43.4 Å². The molecular weight excluding hydrogens is 751 g/mol. The van der Waals surface area contributed by atoms with Crippen LogP contribution in [-0.4, -0.2) is 0 Å². The molecule has 290 valence electrons. The lowest BCUT2D eigenvalue weighted by Crippen LogP contribution is -2.13. The van der Waals surface area contributed by atoms with Crippen LogP contribution in [0.1, 0.15) is 0 Å². The van der Waals surface area contributed by atoms with Crippen LogP contribution in [0.4, 0.5) is 17.1 Å². The normalized spacial score (nSPS) is 11.5. The van der Waals surface area contributed by atoms with Crippen molar-refractivity contribution in [2.24, 2.45) is 0 Å². The van der Waals surface area contributed by atoms with Gasteiger partial charge >= 0.3 is 0 Å². The SMILES string of the molecule is c1ccc(-c2ccccc2-c2ccccc2N(c2ccccc2-c2ccc3ccccc3c2)c2ccc(-c3cc4ccccc4c4ccccc34)c3oc4ccccc4c23)cc1. The number of rotatable bonds is 7. The van der Waals surface area contributed by atoms with E-state index in [9.17, 15) is 0 Å². The maximum atomic E-state index is 7.09. The fourth-order valence-corrected chi connectivity index (χ4v) is 9.63. The van der Waals surface area contributed by atoms with E-state index >= 15 is 0 Å². The minimum atomic E-state index is 0.853. The van der Waals surface area contributed by atoms with Gasteiger partial charge in [-0.05, 0) is 103 Å². The van der Waals surface area contributed by atoms with Crippen LogP contribution in [0.5, 0.6) is 0 Å². The predicted octanol–water partition coefficient (Wildman–Crippen LogP) is 17.2. The molecule has 0 unspecified atom stereocenters. The smallest absolute Gasteiger partial charge is 0.145 e. The van der Waals surface area contributed by atoms with Crippen molar-refractivity contribution in [1.29, 1.82) is 0 Å². The molecule has 2 heteroatoms. The van der Waals surface area contributed by atoms with Gasteiger partial charge in [-0.25, -0.2) is 0 Å². The molecule has 0 N–H and O–H groups in total. The Balaban J connectivity index is 1.18. The first-order valence-corrected chi connectivity index (χ1v) is 21.3. The Bertz CT molecular complexity index is 3650. The third kappa shape index (κ3) is 5.88. The number of fused-ring (bicyclic) bond motifs is 7. The molecule has 12 aromatic rings. The molecule has 0 aliphatic carbocycles. The average molecular weight is 790 g/mol.